The number of hydrogen-bond donors (Lipinski definition) is 3. The van der Waals surface area contributed by atoms with Crippen LogP contribution in [0.15, 0.2) is 29.3 Å². The fourth-order valence-electron chi connectivity index (χ4n) is 4.34. The molecule has 1 atom stereocenters. The molecule has 1 aromatic carbocycles. The lowest BCUT2D eigenvalue weighted by Gasteiger charge is -2.21. The third-order valence-corrected chi connectivity index (χ3v) is 6.02. The normalized spacial score (nSPS) is 19.5. The molecule has 1 saturated heterocycles. The van der Waals surface area contributed by atoms with Crippen molar-refractivity contribution in [2.45, 2.75) is 71.4 Å². The number of aliphatic imine (C=N–C) groups is 1. The smallest absolute Gasteiger partial charge is 0.225 e. The maximum Gasteiger partial charge on any atom is 0.225 e. The first-order valence-electron chi connectivity index (χ1n) is 11.8. The van der Waals surface area contributed by atoms with Gasteiger partial charge < -0.3 is 20.9 Å². The molecular formula is C24H37N5O2. The lowest BCUT2D eigenvalue weighted by molar-refractivity contribution is -0.134. The van der Waals surface area contributed by atoms with Crippen LogP contribution in [0.3, 0.4) is 0 Å². The first-order chi connectivity index (χ1) is 15.1. The highest BCUT2D eigenvalue weighted by molar-refractivity contribution is 5.90. The summed E-state index contributed by atoms with van der Waals surface area (Å²) in [4.78, 5) is 31.1. The highest BCUT2D eigenvalue weighted by Crippen LogP contribution is 2.27. The summed E-state index contributed by atoms with van der Waals surface area (Å²) < 4.78 is 0. The Morgan fingerprint density at radius 1 is 1.10 bits per heavy atom. The summed E-state index contributed by atoms with van der Waals surface area (Å²) in [6.07, 6.45) is 6.82. The molecule has 1 heterocycles. The van der Waals surface area contributed by atoms with Gasteiger partial charge in [-0.3, -0.25) is 9.59 Å². The third-order valence-electron chi connectivity index (χ3n) is 6.02. The third kappa shape index (κ3) is 6.97. The van der Waals surface area contributed by atoms with Gasteiger partial charge in [0.05, 0.1) is 6.54 Å². The Bertz CT molecular complexity index is 756. The van der Waals surface area contributed by atoms with Crippen LogP contribution in [0.5, 0.6) is 0 Å². The number of hydrogen-bond acceptors (Lipinski definition) is 3. The molecule has 1 aromatic rings. The topological polar surface area (TPSA) is 85.8 Å². The van der Waals surface area contributed by atoms with Gasteiger partial charge in [-0.25, -0.2) is 4.99 Å². The van der Waals surface area contributed by atoms with E-state index in [-0.39, 0.29) is 17.9 Å². The number of guanidine groups is 1. The van der Waals surface area contributed by atoms with E-state index in [0.29, 0.717) is 18.9 Å². The van der Waals surface area contributed by atoms with Crippen molar-refractivity contribution in [3.8, 4) is 0 Å². The van der Waals surface area contributed by atoms with Gasteiger partial charge in [-0.2, -0.15) is 0 Å². The second kappa shape index (κ2) is 11.7. The number of amides is 2. The zero-order chi connectivity index (χ0) is 22.1. The molecule has 1 unspecified atom stereocenters. The molecule has 0 bridgehead atoms. The summed E-state index contributed by atoms with van der Waals surface area (Å²) in [7, 11) is 0. The van der Waals surface area contributed by atoms with Crippen LogP contribution in [0.1, 0.15) is 64.4 Å². The van der Waals surface area contributed by atoms with Crippen molar-refractivity contribution in [1.82, 2.24) is 15.5 Å². The van der Waals surface area contributed by atoms with Gasteiger partial charge in [0.2, 0.25) is 11.8 Å². The molecule has 0 aromatic heterocycles. The predicted molar refractivity (Wildman–Crippen MR) is 125 cm³/mol. The monoisotopic (exact) mass is 427 g/mol. The van der Waals surface area contributed by atoms with Gasteiger partial charge in [-0.05, 0) is 50.3 Å². The molecule has 7 nitrogen and oxygen atoms in total. The second-order valence-corrected chi connectivity index (χ2v) is 8.59. The lowest BCUT2D eigenvalue weighted by Crippen LogP contribution is -2.45. The summed E-state index contributed by atoms with van der Waals surface area (Å²) in [6.45, 7) is 6.97. The molecule has 0 spiro atoms. The van der Waals surface area contributed by atoms with E-state index in [4.69, 9.17) is 4.99 Å². The van der Waals surface area contributed by atoms with E-state index in [2.05, 4.69) is 22.9 Å². The maximum absolute atomic E-state index is 12.7. The molecule has 0 radical (unpaired) electrons. The zero-order valence-electron chi connectivity index (χ0n) is 19.0. The fourth-order valence-corrected chi connectivity index (χ4v) is 4.34. The molecule has 2 fully saturated rings. The molecule has 2 aliphatic rings. The molecule has 1 aliphatic heterocycles. The number of carbonyl (C=O) groups excluding carboxylic acids is 2. The van der Waals surface area contributed by atoms with Gasteiger partial charge in [-0.15, -0.1) is 0 Å². The number of anilines is 1. The average molecular weight is 428 g/mol. The Labute approximate surface area is 186 Å². The number of carbonyl (C=O) groups is 2. The van der Waals surface area contributed by atoms with Crippen LogP contribution in [0.2, 0.25) is 0 Å². The summed E-state index contributed by atoms with van der Waals surface area (Å²) in [5.41, 5.74) is 1.89. The van der Waals surface area contributed by atoms with E-state index < -0.39 is 0 Å². The van der Waals surface area contributed by atoms with E-state index in [1.165, 1.54) is 12.8 Å². The number of benzene rings is 1. The van der Waals surface area contributed by atoms with E-state index in [1.807, 2.05) is 36.1 Å². The van der Waals surface area contributed by atoms with Crippen molar-refractivity contribution < 1.29 is 9.59 Å². The molecule has 170 valence electrons. The van der Waals surface area contributed by atoms with Crippen LogP contribution in [0.25, 0.3) is 0 Å². The van der Waals surface area contributed by atoms with E-state index in [9.17, 15) is 9.59 Å². The van der Waals surface area contributed by atoms with Crippen molar-refractivity contribution in [1.29, 1.82) is 0 Å². The van der Waals surface area contributed by atoms with E-state index in [1.54, 1.807) is 0 Å². The van der Waals surface area contributed by atoms with Crippen LogP contribution in [0, 0.1) is 5.92 Å². The van der Waals surface area contributed by atoms with E-state index in [0.717, 1.165) is 62.5 Å². The summed E-state index contributed by atoms with van der Waals surface area (Å²) in [5.74, 6) is 1.41. The molecule has 31 heavy (non-hydrogen) atoms. The second-order valence-electron chi connectivity index (χ2n) is 8.59. The predicted octanol–water partition coefficient (Wildman–Crippen LogP) is 3.27. The Kier molecular flexibility index (Phi) is 8.74. The number of likely N-dealkylation sites (tertiary alicyclic amines) is 1. The molecule has 7 heteroatoms. The van der Waals surface area contributed by atoms with Gasteiger partial charge in [0.15, 0.2) is 5.96 Å². The zero-order valence-corrected chi connectivity index (χ0v) is 19.0. The largest absolute Gasteiger partial charge is 0.357 e. The van der Waals surface area contributed by atoms with Crippen LogP contribution in [-0.2, 0) is 16.1 Å². The highest BCUT2D eigenvalue weighted by atomic mass is 16.2. The highest BCUT2D eigenvalue weighted by Gasteiger charge is 2.32. The minimum atomic E-state index is 0.0453. The molecule has 1 saturated carbocycles. The van der Waals surface area contributed by atoms with Crippen LogP contribution < -0.4 is 16.0 Å². The van der Waals surface area contributed by atoms with Crippen molar-refractivity contribution in [2.75, 3.05) is 25.0 Å². The van der Waals surface area contributed by atoms with Gasteiger partial charge in [-0.1, -0.05) is 31.9 Å². The summed E-state index contributed by atoms with van der Waals surface area (Å²) >= 11 is 0. The van der Waals surface area contributed by atoms with Crippen molar-refractivity contribution in [3.05, 3.63) is 29.8 Å². The minimum absolute atomic E-state index is 0.0453. The minimum Gasteiger partial charge on any atom is -0.357 e. The molecular weight excluding hydrogens is 390 g/mol. The number of rotatable bonds is 8. The molecule has 3 N–H and O–H groups in total. The van der Waals surface area contributed by atoms with Gasteiger partial charge in [0, 0.05) is 43.7 Å². The molecule has 1 aliphatic carbocycles. The SMILES string of the molecule is CCCC(=O)Nc1ccc(CN=C(NCC)NC2CCN(C(=O)C3CCCC3)C2)cc1. The quantitative estimate of drug-likeness (QED) is 0.439. The first kappa shape index (κ1) is 23.1. The van der Waals surface area contributed by atoms with Gasteiger partial charge in [0.1, 0.15) is 0 Å². The first-order valence-corrected chi connectivity index (χ1v) is 11.8. The molecule has 2 amide bonds. The Balaban J connectivity index is 1.50. The fraction of sp³-hybridized carbons (Fsp3) is 0.625. The van der Waals surface area contributed by atoms with Gasteiger partial charge >= 0.3 is 0 Å². The van der Waals surface area contributed by atoms with Crippen molar-refractivity contribution >= 4 is 23.5 Å². The van der Waals surface area contributed by atoms with Crippen LogP contribution in [-0.4, -0.2) is 48.3 Å². The summed E-state index contributed by atoms with van der Waals surface area (Å²) in [5, 5.41) is 9.72. The Hall–Kier alpha value is -2.57. The Morgan fingerprint density at radius 2 is 1.84 bits per heavy atom. The van der Waals surface area contributed by atoms with Crippen LogP contribution in [0.4, 0.5) is 5.69 Å². The Morgan fingerprint density at radius 3 is 2.52 bits per heavy atom. The lowest BCUT2D eigenvalue weighted by atomic mass is 10.1. The van der Waals surface area contributed by atoms with Crippen molar-refractivity contribution in [2.24, 2.45) is 10.9 Å². The van der Waals surface area contributed by atoms with Crippen molar-refractivity contribution in [3.63, 3.8) is 0 Å². The average Bonchev–Trinajstić information content (AvgIpc) is 3.45. The molecule has 3 rings (SSSR count). The number of nitrogens with one attached hydrogen (secondary N) is 3. The summed E-state index contributed by atoms with van der Waals surface area (Å²) in [6, 6.07) is 8.06. The number of nitrogens with zero attached hydrogens (tertiary/aromatic N) is 2. The maximum atomic E-state index is 12.7. The van der Waals surface area contributed by atoms with Crippen LogP contribution >= 0.6 is 0 Å². The van der Waals surface area contributed by atoms with E-state index >= 15 is 0 Å². The standard InChI is InChI=1S/C24H37N5O2/c1-3-7-22(30)27-20-12-10-18(11-13-20)16-26-24(25-4-2)28-21-14-15-29(17-21)23(31)19-8-5-6-9-19/h10-13,19,21H,3-9,14-17H2,1-2H3,(H,27,30)(H2,25,26,28). The van der Waals surface area contributed by atoms with Gasteiger partial charge in [0.25, 0.3) is 0 Å².